The molecule has 5 rings (SSSR count). The zero-order valence-corrected chi connectivity index (χ0v) is 25.0. The lowest BCUT2D eigenvalue weighted by Gasteiger charge is -2.40. The normalized spacial score (nSPS) is 14.5. The van der Waals surface area contributed by atoms with Gasteiger partial charge >= 0.3 is 0 Å². The number of anilines is 1. The van der Waals surface area contributed by atoms with Gasteiger partial charge in [0.1, 0.15) is 5.75 Å². The molecule has 1 N–H and O–H groups in total. The molecule has 0 aliphatic carbocycles. The first-order valence-corrected chi connectivity index (χ1v) is 14.7. The summed E-state index contributed by atoms with van der Waals surface area (Å²) in [6.45, 7) is 4.30. The molecule has 4 aromatic rings. The van der Waals surface area contributed by atoms with Gasteiger partial charge in [-0.15, -0.1) is 0 Å². The summed E-state index contributed by atoms with van der Waals surface area (Å²) in [4.78, 5) is 31.0. The van der Waals surface area contributed by atoms with Crippen molar-refractivity contribution in [3.05, 3.63) is 129 Å². The van der Waals surface area contributed by atoms with E-state index < -0.39 is 6.10 Å². The fraction of sp³-hybridized carbons (Fsp3) is 0.212. The number of rotatable bonds is 8. The summed E-state index contributed by atoms with van der Waals surface area (Å²) in [6, 6.07) is 33.3. The number of hydrogen-bond acceptors (Lipinski definition) is 4. The largest absolute Gasteiger partial charge is 0.480 e. The van der Waals surface area contributed by atoms with E-state index in [0.29, 0.717) is 39.6 Å². The van der Waals surface area contributed by atoms with Crippen molar-refractivity contribution in [1.82, 2.24) is 9.80 Å². The average Bonchev–Trinajstić information content (AvgIpc) is 3.00. The number of nitrogens with zero attached hydrogens (tertiary/aromatic N) is 2. The second-order valence-electron chi connectivity index (χ2n) is 9.92. The van der Waals surface area contributed by atoms with Crippen LogP contribution in [-0.4, -0.2) is 53.9 Å². The topological polar surface area (TPSA) is 61.9 Å². The van der Waals surface area contributed by atoms with Gasteiger partial charge in [0, 0.05) is 31.2 Å². The van der Waals surface area contributed by atoms with Crippen LogP contribution in [0.3, 0.4) is 0 Å². The third-order valence-corrected chi connectivity index (χ3v) is 8.03. The highest BCUT2D eigenvalue weighted by Gasteiger charge is 2.29. The van der Waals surface area contributed by atoms with E-state index in [1.807, 2.05) is 23.1 Å². The van der Waals surface area contributed by atoms with Crippen molar-refractivity contribution in [2.45, 2.75) is 19.1 Å². The molecule has 1 aliphatic heterocycles. The number of halogens is 2. The highest BCUT2D eigenvalue weighted by molar-refractivity contribution is 9.10. The molecular weight excluding hydrogens is 602 g/mol. The van der Waals surface area contributed by atoms with Crippen LogP contribution in [0.25, 0.3) is 0 Å². The highest BCUT2D eigenvalue weighted by atomic mass is 79.9. The summed E-state index contributed by atoms with van der Waals surface area (Å²) in [6.07, 6.45) is -0.799. The van der Waals surface area contributed by atoms with Crippen LogP contribution in [0.1, 0.15) is 34.5 Å². The minimum atomic E-state index is -0.799. The maximum absolute atomic E-state index is 13.7. The lowest BCUT2D eigenvalue weighted by molar-refractivity contribution is -0.122. The van der Waals surface area contributed by atoms with Gasteiger partial charge in [0.15, 0.2) is 6.10 Å². The van der Waals surface area contributed by atoms with Crippen molar-refractivity contribution in [2.75, 3.05) is 31.5 Å². The Morgan fingerprint density at radius 3 is 2.02 bits per heavy atom. The number of para-hydroxylation sites is 1. The van der Waals surface area contributed by atoms with Crippen molar-refractivity contribution < 1.29 is 14.3 Å². The predicted molar refractivity (Wildman–Crippen MR) is 167 cm³/mol. The van der Waals surface area contributed by atoms with Crippen molar-refractivity contribution >= 4 is 45.0 Å². The molecule has 1 aliphatic rings. The number of carbonyl (C=O) groups excluding carboxylic acids is 2. The van der Waals surface area contributed by atoms with Crippen LogP contribution in [0, 0.1) is 0 Å². The summed E-state index contributed by atoms with van der Waals surface area (Å²) < 4.78 is 6.49. The van der Waals surface area contributed by atoms with Crippen LogP contribution in [0.15, 0.2) is 108 Å². The molecule has 1 heterocycles. The minimum Gasteiger partial charge on any atom is -0.480 e. The van der Waals surface area contributed by atoms with E-state index in [0.717, 1.165) is 13.1 Å². The maximum atomic E-state index is 13.7. The Kier molecular flexibility index (Phi) is 9.39. The van der Waals surface area contributed by atoms with Gasteiger partial charge < -0.3 is 15.0 Å². The summed E-state index contributed by atoms with van der Waals surface area (Å²) in [5, 5.41) is 3.45. The Balaban J connectivity index is 1.26. The van der Waals surface area contributed by atoms with Gasteiger partial charge in [-0.05, 0) is 64.3 Å². The average molecular weight is 633 g/mol. The quantitative estimate of drug-likeness (QED) is 0.226. The molecule has 0 bridgehead atoms. The molecule has 210 valence electrons. The second-order valence-corrected chi connectivity index (χ2v) is 11.2. The highest BCUT2D eigenvalue weighted by Crippen LogP contribution is 2.31. The van der Waals surface area contributed by atoms with Crippen LogP contribution in [0.4, 0.5) is 5.69 Å². The Morgan fingerprint density at radius 2 is 1.41 bits per heavy atom. The number of hydrogen-bond donors (Lipinski definition) is 1. The van der Waals surface area contributed by atoms with E-state index in [1.54, 1.807) is 43.3 Å². The molecule has 0 spiro atoms. The number of piperazine rings is 1. The number of carbonyl (C=O) groups is 2. The zero-order chi connectivity index (χ0) is 28.8. The fourth-order valence-electron chi connectivity index (χ4n) is 5.07. The Bertz CT molecular complexity index is 1450. The standard InChI is InChI=1S/C33H31BrClN3O3/c1-23(41-30-17-16-26(35)22-28(30)34)32(39)36-29-15-9-8-14-27(29)33(40)38-20-18-37(19-21-38)31(24-10-4-2-5-11-24)25-12-6-3-7-13-25/h2-17,22-23,31H,18-21H2,1H3,(H,36,39). The summed E-state index contributed by atoms with van der Waals surface area (Å²) >= 11 is 9.42. The van der Waals surface area contributed by atoms with Gasteiger partial charge in [0.25, 0.3) is 11.8 Å². The lowest BCUT2D eigenvalue weighted by Crippen LogP contribution is -2.50. The van der Waals surface area contributed by atoms with E-state index in [1.165, 1.54) is 11.1 Å². The third-order valence-electron chi connectivity index (χ3n) is 7.18. The predicted octanol–water partition coefficient (Wildman–Crippen LogP) is 7.06. The van der Waals surface area contributed by atoms with Crippen molar-refractivity contribution in [3.8, 4) is 5.75 Å². The van der Waals surface area contributed by atoms with Crippen LogP contribution in [0.5, 0.6) is 5.75 Å². The summed E-state index contributed by atoms with van der Waals surface area (Å²) in [5.41, 5.74) is 3.38. The van der Waals surface area contributed by atoms with E-state index >= 15 is 0 Å². The van der Waals surface area contributed by atoms with Crippen LogP contribution in [-0.2, 0) is 4.79 Å². The second kappa shape index (κ2) is 13.3. The van der Waals surface area contributed by atoms with Gasteiger partial charge in [-0.25, -0.2) is 0 Å². The zero-order valence-electron chi connectivity index (χ0n) is 22.7. The van der Waals surface area contributed by atoms with E-state index in [4.69, 9.17) is 16.3 Å². The monoisotopic (exact) mass is 631 g/mol. The smallest absolute Gasteiger partial charge is 0.265 e. The Labute approximate surface area is 254 Å². The van der Waals surface area contributed by atoms with Crippen molar-refractivity contribution in [1.29, 1.82) is 0 Å². The molecule has 2 amide bonds. The van der Waals surface area contributed by atoms with E-state index in [-0.39, 0.29) is 17.9 Å². The first kappa shape index (κ1) is 28.9. The molecule has 8 heteroatoms. The van der Waals surface area contributed by atoms with Crippen LogP contribution >= 0.6 is 27.5 Å². The van der Waals surface area contributed by atoms with E-state index in [9.17, 15) is 9.59 Å². The Morgan fingerprint density at radius 1 is 0.829 bits per heavy atom. The molecule has 1 saturated heterocycles. The molecule has 1 atom stereocenters. The van der Waals surface area contributed by atoms with Gasteiger partial charge in [-0.1, -0.05) is 84.4 Å². The molecular formula is C33H31BrClN3O3. The van der Waals surface area contributed by atoms with E-state index in [2.05, 4.69) is 74.7 Å². The van der Waals surface area contributed by atoms with Crippen LogP contribution in [0.2, 0.25) is 5.02 Å². The molecule has 1 unspecified atom stereocenters. The van der Waals surface area contributed by atoms with Crippen LogP contribution < -0.4 is 10.1 Å². The molecule has 41 heavy (non-hydrogen) atoms. The molecule has 0 aromatic heterocycles. The third kappa shape index (κ3) is 6.99. The number of amides is 2. The first-order chi connectivity index (χ1) is 19.9. The maximum Gasteiger partial charge on any atom is 0.265 e. The number of ether oxygens (including phenoxy) is 1. The fourth-order valence-corrected chi connectivity index (χ4v) is 5.84. The molecule has 0 radical (unpaired) electrons. The molecule has 1 fully saturated rings. The van der Waals surface area contributed by atoms with Gasteiger partial charge in [-0.2, -0.15) is 0 Å². The van der Waals surface area contributed by atoms with Gasteiger partial charge in [-0.3, -0.25) is 14.5 Å². The minimum absolute atomic E-state index is 0.106. The van der Waals surface area contributed by atoms with Crippen molar-refractivity contribution in [3.63, 3.8) is 0 Å². The number of benzene rings is 4. The Hall–Kier alpha value is -3.65. The van der Waals surface area contributed by atoms with Gasteiger partial charge in [0.2, 0.25) is 0 Å². The van der Waals surface area contributed by atoms with Crippen molar-refractivity contribution in [2.24, 2.45) is 0 Å². The molecule has 4 aromatic carbocycles. The lowest BCUT2D eigenvalue weighted by atomic mass is 9.96. The molecule has 6 nitrogen and oxygen atoms in total. The molecule has 0 saturated carbocycles. The summed E-state index contributed by atoms with van der Waals surface area (Å²) in [5.74, 6) is 0.0413. The first-order valence-electron chi connectivity index (χ1n) is 13.6. The number of nitrogens with one attached hydrogen (secondary N) is 1. The summed E-state index contributed by atoms with van der Waals surface area (Å²) in [7, 11) is 0. The van der Waals surface area contributed by atoms with Gasteiger partial charge in [0.05, 0.1) is 21.8 Å². The SMILES string of the molecule is CC(Oc1ccc(Cl)cc1Br)C(=O)Nc1ccccc1C(=O)N1CCN(C(c2ccccc2)c2ccccc2)CC1.